The number of aliphatic hydroxyl groups is 1. The molecule has 8 heteroatoms. The zero-order valence-electron chi connectivity index (χ0n) is 12.7. The molecule has 2 atom stereocenters. The Balaban J connectivity index is 1.90. The van der Waals surface area contributed by atoms with Crippen molar-refractivity contribution in [3.63, 3.8) is 0 Å². The van der Waals surface area contributed by atoms with E-state index in [2.05, 4.69) is 0 Å². The number of nitrogens with zero attached hydrogens (tertiary/aromatic N) is 1. The molecule has 2 aliphatic heterocycles. The van der Waals surface area contributed by atoms with Crippen LogP contribution in [0.15, 0.2) is 0 Å². The predicted octanol–water partition coefficient (Wildman–Crippen LogP) is -0.0713. The maximum atomic E-state index is 11.9. The van der Waals surface area contributed by atoms with Crippen molar-refractivity contribution in [2.75, 3.05) is 13.2 Å². The number of rotatable bonds is 8. The lowest BCUT2D eigenvalue weighted by molar-refractivity contribution is -0.199. The van der Waals surface area contributed by atoms with Crippen molar-refractivity contribution in [3.05, 3.63) is 0 Å². The second-order valence-corrected chi connectivity index (χ2v) is 5.89. The number of epoxide rings is 1. The number of carbonyl (C=O) groups is 3. The SMILES string of the molecule is CC(C)O[C@H](CC(=O)ON1C(=O)CCC1=O)C[C@]1(CO)CO1. The molecule has 0 aromatic rings. The van der Waals surface area contributed by atoms with Gasteiger partial charge in [0.15, 0.2) is 0 Å². The second-order valence-electron chi connectivity index (χ2n) is 5.89. The Kier molecular flexibility index (Phi) is 5.15. The fourth-order valence-electron chi connectivity index (χ4n) is 2.33. The molecule has 0 spiro atoms. The van der Waals surface area contributed by atoms with E-state index >= 15 is 0 Å². The highest BCUT2D eigenvalue weighted by Gasteiger charge is 2.46. The normalized spacial score (nSPS) is 25.7. The first-order valence-corrected chi connectivity index (χ1v) is 7.32. The number of imide groups is 1. The molecule has 2 rings (SSSR count). The average Bonchev–Trinajstić information content (AvgIpc) is 3.14. The molecule has 0 aromatic heterocycles. The van der Waals surface area contributed by atoms with E-state index in [4.69, 9.17) is 14.3 Å². The summed E-state index contributed by atoms with van der Waals surface area (Å²) >= 11 is 0. The number of hydroxylamine groups is 2. The molecule has 22 heavy (non-hydrogen) atoms. The topological polar surface area (TPSA) is 106 Å². The Bertz CT molecular complexity index is 442. The van der Waals surface area contributed by atoms with Crippen molar-refractivity contribution in [3.8, 4) is 0 Å². The van der Waals surface area contributed by atoms with Gasteiger partial charge in [-0.05, 0) is 13.8 Å². The summed E-state index contributed by atoms with van der Waals surface area (Å²) in [5.74, 6) is -1.75. The zero-order chi connectivity index (χ0) is 16.3. The molecule has 2 saturated heterocycles. The van der Waals surface area contributed by atoms with Crippen molar-refractivity contribution in [2.45, 2.75) is 57.3 Å². The van der Waals surface area contributed by atoms with Crippen LogP contribution in [0.3, 0.4) is 0 Å². The highest BCUT2D eigenvalue weighted by Crippen LogP contribution is 2.33. The Hall–Kier alpha value is -1.51. The van der Waals surface area contributed by atoms with Gasteiger partial charge in [-0.15, -0.1) is 5.06 Å². The maximum absolute atomic E-state index is 11.9. The van der Waals surface area contributed by atoms with Gasteiger partial charge in [0.1, 0.15) is 5.60 Å². The molecule has 0 unspecified atom stereocenters. The van der Waals surface area contributed by atoms with Gasteiger partial charge in [-0.25, -0.2) is 4.79 Å². The standard InChI is InChI=1S/C14H21NO7/c1-9(2)21-10(6-14(7-16)8-20-14)5-13(19)22-15-11(17)3-4-12(15)18/h9-10,16H,3-8H2,1-2H3/t10-,14+/m1/s1. The summed E-state index contributed by atoms with van der Waals surface area (Å²) < 4.78 is 10.8. The van der Waals surface area contributed by atoms with E-state index in [1.54, 1.807) is 0 Å². The number of hydrogen-bond acceptors (Lipinski definition) is 7. The molecule has 2 aliphatic rings. The van der Waals surface area contributed by atoms with Crippen LogP contribution < -0.4 is 0 Å². The maximum Gasteiger partial charge on any atom is 0.335 e. The van der Waals surface area contributed by atoms with Crippen LogP contribution in [-0.4, -0.2) is 59.0 Å². The largest absolute Gasteiger partial charge is 0.393 e. The third-order valence-corrected chi connectivity index (χ3v) is 3.50. The molecule has 1 N–H and O–H groups in total. The predicted molar refractivity (Wildman–Crippen MR) is 72.2 cm³/mol. The molecule has 2 fully saturated rings. The summed E-state index contributed by atoms with van der Waals surface area (Å²) in [4.78, 5) is 39.6. The Morgan fingerprint density at radius 2 is 1.95 bits per heavy atom. The van der Waals surface area contributed by atoms with Crippen molar-refractivity contribution >= 4 is 17.8 Å². The van der Waals surface area contributed by atoms with Crippen molar-refractivity contribution in [1.82, 2.24) is 5.06 Å². The summed E-state index contributed by atoms with van der Waals surface area (Å²) in [6, 6.07) is 0. The van der Waals surface area contributed by atoms with Gasteiger partial charge in [-0.3, -0.25) is 9.59 Å². The van der Waals surface area contributed by atoms with E-state index in [9.17, 15) is 19.5 Å². The monoisotopic (exact) mass is 315 g/mol. The molecule has 0 saturated carbocycles. The molecule has 0 aromatic carbocycles. The van der Waals surface area contributed by atoms with Crippen LogP contribution in [-0.2, 0) is 28.7 Å². The third-order valence-electron chi connectivity index (χ3n) is 3.50. The van der Waals surface area contributed by atoms with Gasteiger partial charge in [0.2, 0.25) is 0 Å². The molecule has 0 radical (unpaired) electrons. The summed E-state index contributed by atoms with van der Waals surface area (Å²) in [5.41, 5.74) is -0.654. The molecule has 124 valence electrons. The van der Waals surface area contributed by atoms with E-state index in [-0.39, 0.29) is 32.0 Å². The van der Waals surface area contributed by atoms with Gasteiger partial charge in [0, 0.05) is 19.3 Å². The quantitative estimate of drug-likeness (QED) is 0.493. The first-order chi connectivity index (χ1) is 10.3. The highest BCUT2D eigenvalue weighted by molar-refractivity contribution is 6.01. The van der Waals surface area contributed by atoms with E-state index in [0.717, 1.165) is 0 Å². The Morgan fingerprint density at radius 1 is 1.36 bits per heavy atom. The third kappa shape index (κ3) is 4.25. The van der Waals surface area contributed by atoms with Crippen LogP contribution in [0, 0.1) is 0 Å². The van der Waals surface area contributed by atoms with Crippen molar-refractivity contribution in [1.29, 1.82) is 0 Å². The van der Waals surface area contributed by atoms with Crippen LogP contribution >= 0.6 is 0 Å². The van der Waals surface area contributed by atoms with E-state index in [0.29, 0.717) is 18.1 Å². The zero-order valence-corrected chi connectivity index (χ0v) is 12.7. The Morgan fingerprint density at radius 3 is 2.41 bits per heavy atom. The van der Waals surface area contributed by atoms with Crippen molar-refractivity contribution < 1.29 is 33.8 Å². The fraction of sp³-hybridized carbons (Fsp3) is 0.786. The van der Waals surface area contributed by atoms with Crippen LogP contribution in [0.25, 0.3) is 0 Å². The van der Waals surface area contributed by atoms with Gasteiger partial charge in [-0.2, -0.15) is 0 Å². The summed E-state index contributed by atoms with van der Waals surface area (Å²) in [6.07, 6.45) is -0.310. The highest BCUT2D eigenvalue weighted by atomic mass is 16.7. The van der Waals surface area contributed by atoms with Gasteiger partial charge in [0.05, 0.1) is 31.8 Å². The Labute approximate surface area is 128 Å². The van der Waals surface area contributed by atoms with E-state index in [1.165, 1.54) is 0 Å². The van der Waals surface area contributed by atoms with Gasteiger partial charge < -0.3 is 19.4 Å². The number of amides is 2. The second kappa shape index (κ2) is 6.72. The molecular weight excluding hydrogens is 294 g/mol. The lowest BCUT2D eigenvalue weighted by atomic mass is 10.0. The summed E-state index contributed by atoms with van der Waals surface area (Å²) in [7, 11) is 0. The average molecular weight is 315 g/mol. The smallest absolute Gasteiger partial charge is 0.335 e. The first-order valence-electron chi connectivity index (χ1n) is 7.32. The van der Waals surface area contributed by atoms with Gasteiger partial charge in [-0.1, -0.05) is 0 Å². The molecule has 0 aliphatic carbocycles. The number of aliphatic hydroxyl groups excluding tert-OH is 1. The van der Waals surface area contributed by atoms with Crippen LogP contribution in [0.1, 0.15) is 39.5 Å². The lowest BCUT2D eigenvalue weighted by Crippen LogP contribution is -2.35. The minimum atomic E-state index is -0.719. The minimum Gasteiger partial charge on any atom is -0.393 e. The molecular formula is C14H21NO7. The first kappa shape index (κ1) is 16.9. The van der Waals surface area contributed by atoms with Crippen LogP contribution in [0.5, 0.6) is 0 Å². The summed E-state index contributed by atoms with van der Waals surface area (Å²) in [5, 5.41) is 9.80. The molecule has 8 nitrogen and oxygen atoms in total. The van der Waals surface area contributed by atoms with Crippen LogP contribution in [0.2, 0.25) is 0 Å². The number of carbonyl (C=O) groups excluding carboxylic acids is 3. The molecule has 2 amide bonds. The fourth-order valence-corrected chi connectivity index (χ4v) is 2.33. The van der Waals surface area contributed by atoms with E-state index in [1.807, 2.05) is 13.8 Å². The van der Waals surface area contributed by atoms with E-state index < -0.39 is 29.5 Å². The van der Waals surface area contributed by atoms with Gasteiger partial charge >= 0.3 is 5.97 Å². The van der Waals surface area contributed by atoms with Gasteiger partial charge in [0.25, 0.3) is 11.8 Å². The number of ether oxygens (including phenoxy) is 2. The number of hydrogen-bond donors (Lipinski definition) is 1. The minimum absolute atomic E-state index is 0.0551. The van der Waals surface area contributed by atoms with Crippen LogP contribution in [0.4, 0.5) is 0 Å². The van der Waals surface area contributed by atoms with Crippen molar-refractivity contribution in [2.24, 2.45) is 0 Å². The lowest BCUT2D eigenvalue weighted by Gasteiger charge is -2.23. The molecule has 2 heterocycles. The summed E-state index contributed by atoms with van der Waals surface area (Å²) in [6.45, 7) is 3.92. The molecule has 0 bridgehead atoms.